The number of benzene rings is 1. The normalized spacial score (nSPS) is 11.5. The van der Waals surface area contributed by atoms with Crippen LogP contribution in [0, 0.1) is 0 Å². The van der Waals surface area contributed by atoms with Gasteiger partial charge in [0.1, 0.15) is 5.75 Å². The van der Waals surface area contributed by atoms with Crippen molar-refractivity contribution in [2.45, 2.75) is 19.5 Å². The molecule has 15 heavy (non-hydrogen) atoms. The lowest BCUT2D eigenvalue weighted by Crippen LogP contribution is -2.19. The van der Waals surface area contributed by atoms with Gasteiger partial charge >= 0.3 is 6.18 Å². The van der Waals surface area contributed by atoms with E-state index in [0.29, 0.717) is 5.02 Å². The van der Waals surface area contributed by atoms with Crippen LogP contribution in [0.25, 0.3) is 0 Å². The van der Waals surface area contributed by atoms with Gasteiger partial charge in [-0.15, -0.1) is 0 Å². The van der Waals surface area contributed by atoms with Crippen LogP contribution in [0.2, 0.25) is 5.02 Å². The van der Waals surface area contributed by atoms with E-state index in [2.05, 4.69) is 4.74 Å². The minimum absolute atomic E-state index is 0.134. The smallest absolute Gasteiger partial charge is 0.422 e. The van der Waals surface area contributed by atoms with Gasteiger partial charge in [-0.2, -0.15) is 13.2 Å². The van der Waals surface area contributed by atoms with E-state index in [1.165, 1.54) is 12.1 Å². The molecule has 0 aliphatic rings. The van der Waals surface area contributed by atoms with Crippen molar-refractivity contribution in [2.24, 2.45) is 0 Å². The Hall–Kier alpha value is -0.900. The maximum absolute atomic E-state index is 11.8. The predicted molar refractivity (Wildman–Crippen MR) is 52.4 cm³/mol. The monoisotopic (exact) mass is 238 g/mol. The lowest BCUT2D eigenvalue weighted by atomic mass is 10.2. The number of ether oxygens (including phenoxy) is 1. The quantitative estimate of drug-likeness (QED) is 0.777. The molecule has 0 spiro atoms. The van der Waals surface area contributed by atoms with Crippen molar-refractivity contribution in [2.75, 3.05) is 6.61 Å². The summed E-state index contributed by atoms with van der Waals surface area (Å²) in [6, 6.07) is 4.54. The van der Waals surface area contributed by atoms with Crippen molar-refractivity contribution in [3.8, 4) is 5.75 Å². The van der Waals surface area contributed by atoms with Crippen LogP contribution in [-0.4, -0.2) is 12.8 Å². The Morgan fingerprint density at radius 3 is 2.47 bits per heavy atom. The average molecular weight is 239 g/mol. The highest BCUT2D eigenvalue weighted by atomic mass is 35.5. The molecule has 1 aromatic rings. The van der Waals surface area contributed by atoms with Crippen molar-refractivity contribution in [1.82, 2.24) is 0 Å². The molecule has 0 saturated heterocycles. The zero-order valence-corrected chi connectivity index (χ0v) is 8.82. The molecule has 5 heteroatoms. The first-order chi connectivity index (χ1) is 6.92. The van der Waals surface area contributed by atoms with Crippen LogP contribution < -0.4 is 4.74 Å². The summed E-state index contributed by atoms with van der Waals surface area (Å²) in [5.74, 6) is 0.134. The van der Waals surface area contributed by atoms with Crippen molar-refractivity contribution in [3.05, 3.63) is 28.8 Å². The van der Waals surface area contributed by atoms with Gasteiger partial charge in [-0.05, 0) is 24.1 Å². The molecule has 1 aromatic carbocycles. The Morgan fingerprint density at radius 1 is 1.33 bits per heavy atom. The third-order valence-corrected chi connectivity index (χ3v) is 2.16. The summed E-state index contributed by atoms with van der Waals surface area (Å²) in [4.78, 5) is 0. The summed E-state index contributed by atoms with van der Waals surface area (Å²) in [6.45, 7) is 0.617. The molecule has 0 bridgehead atoms. The molecular weight excluding hydrogens is 229 g/mol. The third-order valence-electron chi connectivity index (χ3n) is 1.81. The molecule has 0 amide bonds. The molecule has 0 N–H and O–H groups in total. The lowest BCUT2D eigenvalue weighted by molar-refractivity contribution is -0.153. The highest BCUT2D eigenvalue weighted by Gasteiger charge is 2.28. The fraction of sp³-hybridized carbons (Fsp3) is 0.400. The fourth-order valence-corrected chi connectivity index (χ4v) is 1.37. The Bertz CT molecular complexity index is 336. The second-order valence-corrected chi connectivity index (χ2v) is 3.42. The molecule has 0 fully saturated rings. The number of rotatable bonds is 3. The van der Waals surface area contributed by atoms with E-state index in [0.717, 1.165) is 12.0 Å². The SMILES string of the molecule is CCc1ccc(OCC(F)(F)F)cc1Cl. The van der Waals surface area contributed by atoms with Crippen LogP contribution in [-0.2, 0) is 6.42 Å². The Morgan fingerprint density at radius 2 is 2.00 bits per heavy atom. The first-order valence-corrected chi connectivity index (χ1v) is 4.78. The topological polar surface area (TPSA) is 9.23 Å². The van der Waals surface area contributed by atoms with Crippen LogP contribution in [0.5, 0.6) is 5.75 Å². The highest BCUT2D eigenvalue weighted by molar-refractivity contribution is 6.31. The molecule has 0 saturated carbocycles. The second kappa shape index (κ2) is 4.75. The minimum atomic E-state index is -4.32. The van der Waals surface area contributed by atoms with Crippen molar-refractivity contribution in [1.29, 1.82) is 0 Å². The van der Waals surface area contributed by atoms with Crippen molar-refractivity contribution < 1.29 is 17.9 Å². The first kappa shape index (κ1) is 12.2. The third kappa shape index (κ3) is 4.00. The number of hydrogen-bond donors (Lipinski definition) is 0. The molecule has 0 unspecified atom stereocenters. The molecule has 0 aromatic heterocycles. The predicted octanol–water partition coefficient (Wildman–Crippen LogP) is 3.84. The van der Waals surface area contributed by atoms with E-state index < -0.39 is 12.8 Å². The molecule has 0 radical (unpaired) electrons. The Labute approximate surface area is 90.8 Å². The molecule has 0 aliphatic heterocycles. The zero-order chi connectivity index (χ0) is 11.5. The fourth-order valence-electron chi connectivity index (χ4n) is 1.07. The molecule has 84 valence electrons. The van der Waals surface area contributed by atoms with Gasteiger partial charge in [-0.1, -0.05) is 24.6 Å². The molecule has 1 rings (SSSR count). The Kier molecular flexibility index (Phi) is 3.85. The summed E-state index contributed by atoms with van der Waals surface area (Å²) >= 11 is 5.82. The molecule has 0 aliphatic carbocycles. The van der Waals surface area contributed by atoms with Crippen LogP contribution in [0.3, 0.4) is 0 Å². The van der Waals surface area contributed by atoms with Crippen molar-refractivity contribution in [3.63, 3.8) is 0 Å². The van der Waals surface area contributed by atoms with E-state index in [9.17, 15) is 13.2 Å². The van der Waals surface area contributed by atoms with Gasteiger partial charge in [0.25, 0.3) is 0 Å². The summed E-state index contributed by atoms with van der Waals surface area (Å²) in [7, 11) is 0. The molecular formula is C10H10ClF3O. The number of alkyl halides is 3. The standard InChI is InChI=1S/C10H10ClF3O/c1-2-7-3-4-8(5-9(7)11)15-6-10(12,13)14/h3-5H,2,6H2,1H3. The minimum Gasteiger partial charge on any atom is -0.484 e. The van der Waals surface area contributed by atoms with Gasteiger partial charge in [-0.3, -0.25) is 0 Å². The van der Waals surface area contributed by atoms with Crippen LogP contribution in [0.1, 0.15) is 12.5 Å². The van der Waals surface area contributed by atoms with E-state index in [-0.39, 0.29) is 5.75 Å². The molecule has 0 heterocycles. The van der Waals surface area contributed by atoms with Crippen molar-refractivity contribution >= 4 is 11.6 Å². The van der Waals surface area contributed by atoms with Gasteiger partial charge in [0, 0.05) is 5.02 Å². The lowest BCUT2D eigenvalue weighted by Gasteiger charge is -2.10. The van der Waals surface area contributed by atoms with Gasteiger partial charge in [0.2, 0.25) is 0 Å². The summed E-state index contributed by atoms with van der Waals surface area (Å²) < 4.78 is 40.0. The van der Waals surface area contributed by atoms with E-state index in [1.807, 2.05) is 6.92 Å². The number of halogens is 4. The van der Waals surface area contributed by atoms with E-state index >= 15 is 0 Å². The zero-order valence-electron chi connectivity index (χ0n) is 8.07. The van der Waals surface area contributed by atoms with Crippen LogP contribution in [0.4, 0.5) is 13.2 Å². The maximum atomic E-state index is 11.8. The van der Waals surface area contributed by atoms with Gasteiger partial charge < -0.3 is 4.74 Å². The van der Waals surface area contributed by atoms with E-state index in [1.54, 1.807) is 6.07 Å². The molecule has 0 atom stereocenters. The van der Waals surface area contributed by atoms with E-state index in [4.69, 9.17) is 11.6 Å². The maximum Gasteiger partial charge on any atom is 0.422 e. The number of hydrogen-bond acceptors (Lipinski definition) is 1. The highest BCUT2D eigenvalue weighted by Crippen LogP contribution is 2.24. The van der Waals surface area contributed by atoms with Crippen LogP contribution >= 0.6 is 11.6 Å². The molecule has 1 nitrogen and oxygen atoms in total. The van der Waals surface area contributed by atoms with Gasteiger partial charge in [0.15, 0.2) is 6.61 Å². The van der Waals surface area contributed by atoms with Crippen LogP contribution in [0.15, 0.2) is 18.2 Å². The summed E-state index contributed by atoms with van der Waals surface area (Å²) in [6.07, 6.45) is -3.59. The largest absolute Gasteiger partial charge is 0.484 e. The Balaban J connectivity index is 2.68. The van der Waals surface area contributed by atoms with Gasteiger partial charge in [-0.25, -0.2) is 0 Å². The average Bonchev–Trinajstić information content (AvgIpc) is 2.14. The number of aryl methyl sites for hydroxylation is 1. The van der Waals surface area contributed by atoms with Gasteiger partial charge in [0.05, 0.1) is 0 Å². The summed E-state index contributed by atoms with van der Waals surface area (Å²) in [5, 5.41) is 0.428. The second-order valence-electron chi connectivity index (χ2n) is 3.01. The summed E-state index contributed by atoms with van der Waals surface area (Å²) in [5.41, 5.74) is 0.885. The first-order valence-electron chi connectivity index (χ1n) is 4.40.